The molecule has 0 aliphatic heterocycles. The number of hydrogen-bond acceptors (Lipinski definition) is 4. The van der Waals surface area contributed by atoms with Gasteiger partial charge in [0.05, 0.1) is 10.6 Å². The standard InChI is InChI=1S/C22H22N2O3S/c1-3-23-18-10-12-19(13-11-18)28(26,27)24-21-14-9-16(2)15-20(21)22(25)17-7-5-4-6-8-17/h4-15,23-24H,3H2,1-2H3. The van der Waals surface area contributed by atoms with Gasteiger partial charge in [-0.15, -0.1) is 0 Å². The second-order valence-corrected chi connectivity index (χ2v) is 8.09. The average molecular weight is 394 g/mol. The molecule has 0 unspecified atom stereocenters. The second-order valence-electron chi connectivity index (χ2n) is 6.40. The molecular formula is C22H22N2O3S. The topological polar surface area (TPSA) is 75.3 Å². The number of benzene rings is 3. The minimum Gasteiger partial charge on any atom is -0.385 e. The highest BCUT2D eigenvalue weighted by molar-refractivity contribution is 7.92. The Morgan fingerprint density at radius 3 is 2.25 bits per heavy atom. The maximum absolute atomic E-state index is 12.9. The Morgan fingerprint density at radius 1 is 0.929 bits per heavy atom. The number of carbonyl (C=O) groups excluding carboxylic acids is 1. The van der Waals surface area contributed by atoms with Gasteiger partial charge in [0.1, 0.15) is 0 Å². The number of rotatable bonds is 7. The van der Waals surface area contributed by atoms with Crippen LogP contribution in [0.3, 0.4) is 0 Å². The maximum Gasteiger partial charge on any atom is 0.261 e. The van der Waals surface area contributed by atoms with Crippen LogP contribution in [0.5, 0.6) is 0 Å². The summed E-state index contributed by atoms with van der Waals surface area (Å²) in [5.41, 5.74) is 2.80. The van der Waals surface area contributed by atoms with Crippen LogP contribution in [-0.4, -0.2) is 20.7 Å². The summed E-state index contributed by atoms with van der Waals surface area (Å²) in [7, 11) is -3.83. The van der Waals surface area contributed by atoms with Gasteiger partial charge >= 0.3 is 0 Å². The van der Waals surface area contributed by atoms with Gasteiger partial charge in [-0.05, 0) is 50.2 Å². The zero-order valence-electron chi connectivity index (χ0n) is 15.8. The van der Waals surface area contributed by atoms with E-state index in [4.69, 9.17) is 0 Å². The van der Waals surface area contributed by atoms with Crippen molar-refractivity contribution in [1.82, 2.24) is 0 Å². The molecule has 0 aliphatic rings. The van der Waals surface area contributed by atoms with Gasteiger partial charge < -0.3 is 5.32 Å². The van der Waals surface area contributed by atoms with Crippen LogP contribution < -0.4 is 10.0 Å². The Kier molecular flexibility index (Phi) is 5.80. The first-order chi connectivity index (χ1) is 13.4. The van der Waals surface area contributed by atoms with Crippen LogP contribution >= 0.6 is 0 Å². The van der Waals surface area contributed by atoms with E-state index in [9.17, 15) is 13.2 Å². The number of anilines is 2. The molecule has 0 radical (unpaired) electrons. The summed E-state index contributed by atoms with van der Waals surface area (Å²) in [6.45, 7) is 4.58. The predicted octanol–water partition coefficient (Wildman–Crippen LogP) is 4.46. The Bertz CT molecular complexity index is 1080. The Hall–Kier alpha value is -3.12. The van der Waals surface area contributed by atoms with Gasteiger partial charge in [-0.1, -0.05) is 42.0 Å². The third-order valence-electron chi connectivity index (χ3n) is 4.25. The van der Waals surface area contributed by atoms with Crippen molar-refractivity contribution in [2.75, 3.05) is 16.6 Å². The van der Waals surface area contributed by atoms with E-state index in [0.717, 1.165) is 17.8 Å². The lowest BCUT2D eigenvalue weighted by atomic mass is 10.00. The molecule has 3 aromatic rings. The summed E-state index contributed by atoms with van der Waals surface area (Å²) in [4.78, 5) is 13.0. The van der Waals surface area contributed by atoms with E-state index in [2.05, 4.69) is 10.0 Å². The quantitative estimate of drug-likeness (QED) is 0.580. The van der Waals surface area contributed by atoms with Crippen LogP contribution in [0.15, 0.2) is 77.7 Å². The van der Waals surface area contributed by atoms with E-state index in [1.807, 2.05) is 19.9 Å². The molecule has 0 spiro atoms. The highest BCUT2D eigenvalue weighted by atomic mass is 32.2. The van der Waals surface area contributed by atoms with Crippen LogP contribution in [0.2, 0.25) is 0 Å². The predicted molar refractivity (Wildman–Crippen MR) is 112 cm³/mol. The first-order valence-electron chi connectivity index (χ1n) is 8.98. The first kappa shape index (κ1) is 19.6. The molecule has 0 heterocycles. The molecule has 0 amide bonds. The number of aryl methyl sites for hydroxylation is 1. The molecule has 0 atom stereocenters. The fourth-order valence-electron chi connectivity index (χ4n) is 2.84. The van der Waals surface area contributed by atoms with Gasteiger partial charge in [0.15, 0.2) is 5.78 Å². The Balaban J connectivity index is 1.94. The molecule has 144 valence electrons. The highest BCUT2D eigenvalue weighted by Crippen LogP contribution is 2.25. The van der Waals surface area contributed by atoms with E-state index < -0.39 is 10.0 Å². The molecule has 3 rings (SSSR count). The highest BCUT2D eigenvalue weighted by Gasteiger charge is 2.20. The van der Waals surface area contributed by atoms with Crippen LogP contribution in [0.25, 0.3) is 0 Å². The van der Waals surface area contributed by atoms with Crippen LogP contribution in [-0.2, 0) is 10.0 Å². The minimum absolute atomic E-state index is 0.132. The molecule has 0 aliphatic carbocycles. The van der Waals surface area contributed by atoms with Gasteiger partial charge in [-0.2, -0.15) is 0 Å². The molecule has 0 saturated heterocycles. The molecule has 2 N–H and O–H groups in total. The van der Waals surface area contributed by atoms with Crippen molar-refractivity contribution in [2.24, 2.45) is 0 Å². The third-order valence-corrected chi connectivity index (χ3v) is 5.63. The smallest absolute Gasteiger partial charge is 0.261 e. The fraction of sp³-hybridized carbons (Fsp3) is 0.136. The summed E-state index contributed by atoms with van der Waals surface area (Å²) >= 11 is 0. The number of carbonyl (C=O) groups is 1. The van der Waals surface area contributed by atoms with Gasteiger partial charge in [0.25, 0.3) is 10.0 Å². The summed E-state index contributed by atoms with van der Waals surface area (Å²) in [5.74, 6) is -0.232. The summed E-state index contributed by atoms with van der Waals surface area (Å²) < 4.78 is 28.2. The van der Waals surface area contributed by atoms with Crippen molar-refractivity contribution in [3.05, 3.63) is 89.5 Å². The molecular weight excluding hydrogens is 372 g/mol. The molecule has 28 heavy (non-hydrogen) atoms. The lowest BCUT2D eigenvalue weighted by Crippen LogP contribution is -2.16. The normalized spacial score (nSPS) is 11.1. The second kappa shape index (κ2) is 8.27. The third kappa shape index (κ3) is 4.40. The van der Waals surface area contributed by atoms with E-state index >= 15 is 0 Å². The van der Waals surface area contributed by atoms with E-state index in [1.165, 1.54) is 12.1 Å². The van der Waals surface area contributed by atoms with E-state index in [-0.39, 0.29) is 16.4 Å². The number of sulfonamides is 1. The molecule has 6 heteroatoms. The van der Waals surface area contributed by atoms with Gasteiger partial charge in [0, 0.05) is 23.4 Å². The SMILES string of the molecule is CCNc1ccc(S(=O)(=O)Nc2ccc(C)cc2C(=O)c2ccccc2)cc1. The van der Waals surface area contributed by atoms with Crippen LogP contribution in [0.4, 0.5) is 11.4 Å². The lowest BCUT2D eigenvalue weighted by molar-refractivity contribution is 0.103. The van der Waals surface area contributed by atoms with Crippen molar-refractivity contribution in [2.45, 2.75) is 18.7 Å². The average Bonchev–Trinajstić information content (AvgIpc) is 2.70. The molecule has 3 aromatic carbocycles. The summed E-state index contributed by atoms with van der Waals surface area (Å²) in [5, 5.41) is 3.12. The minimum atomic E-state index is -3.83. The van der Waals surface area contributed by atoms with Crippen LogP contribution in [0, 0.1) is 6.92 Å². The zero-order chi connectivity index (χ0) is 20.1. The summed E-state index contributed by atoms with van der Waals surface area (Å²) in [6.07, 6.45) is 0. The van der Waals surface area contributed by atoms with Crippen molar-refractivity contribution in [1.29, 1.82) is 0 Å². The molecule has 0 saturated carbocycles. The number of nitrogens with one attached hydrogen (secondary N) is 2. The van der Waals surface area contributed by atoms with Gasteiger partial charge in [0.2, 0.25) is 0 Å². The van der Waals surface area contributed by atoms with E-state index in [0.29, 0.717) is 11.1 Å². The number of ketones is 1. The monoisotopic (exact) mass is 394 g/mol. The Morgan fingerprint density at radius 2 is 1.61 bits per heavy atom. The van der Waals surface area contributed by atoms with Crippen molar-refractivity contribution >= 4 is 27.2 Å². The molecule has 0 bridgehead atoms. The zero-order valence-corrected chi connectivity index (χ0v) is 16.6. The molecule has 5 nitrogen and oxygen atoms in total. The van der Waals surface area contributed by atoms with Crippen molar-refractivity contribution < 1.29 is 13.2 Å². The van der Waals surface area contributed by atoms with Gasteiger partial charge in [-0.25, -0.2) is 8.42 Å². The Labute approximate surface area is 165 Å². The largest absolute Gasteiger partial charge is 0.385 e. The van der Waals surface area contributed by atoms with E-state index in [1.54, 1.807) is 54.6 Å². The fourth-order valence-corrected chi connectivity index (χ4v) is 3.92. The molecule has 0 fully saturated rings. The van der Waals surface area contributed by atoms with Crippen molar-refractivity contribution in [3.8, 4) is 0 Å². The number of hydrogen-bond donors (Lipinski definition) is 2. The first-order valence-corrected chi connectivity index (χ1v) is 10.5. The van der Waals surface area contributed by atoms with Gasteiger partial charge in [-0.3, -0.25) is 9.52 Å². The molecule has 0 aromatic heterocycles. The van der Waals surface area contributed by atoms with Crippen LogP contribution in [0.1, 0.15) is 28.4 Å². The summed E-state index contributed by atoms with van der Waals surface area (Å²) in [6, 6.07) is 20.4. The maximum atomic E-state index is 12.9. The van der Waals surface area contributed by atoms with Crippen molar-refractivity contribution in [3.63, 3.8) is 0 Å². The lowest BCUT2D eigenvalue weighted by Gasteiger charge is -2.13.